The first-order valence-electron chi connectivity index (χ1n) is 14.5. The van der Waals surface area contributed by atoms with E-state index >= 15 is 0 Å². The number of esters is 1. The zero-order chi connectivity index (χ0) is 30.3. The number of amides is 2. The molecule has 224 valence electrons. The fraction of sp³-hybridized carbons (Fsp3) is 0.303. The number of methoxy groups -OCH3 is 1. The largest absolute Gasteiger partial charge is 0.465 e. The summed E-state index contributed by atoms with van der Waals surface area (Å²) in [4.78, 5) is 46.9. The minimum Gasteiger partial charge on any atom is -0.465 e. The van der Waals surface area contributed by atoms with Crippen LogP contribution >= 0.6 is 0 Å². The molecule has 0 aromatic heterocycles. The lowest BCUT2D eigenvalue weighted by molar-refractivity contribution is -0.124. The van der Waals surface area contributed by atoms with Crippen molar-refractivity contribution in [1.29, 1.82) is 0 Å². The predicted octanol–water partition coefficient (Wildman–Crippen LogP) is 4.01. The van der Waals surface area contributed by atoms with E-state index in [0.29, 0.717) is 58.1 Å². The Morgan fingerprint density at radius 2 is 1.72 bits per heavy atom. The van der Waals surface area contributed by atoms with E-state index in [0.717, 1.165) is 38.3 Å². The van der Waals surface area contributed by atoms with Crippen molar-refractivity contribution in [2.24, 2.45) is 0 Å². The van der Waals surface area contributed by atoms with Gasteiger partial charge in [0, 0.05) is 56.1 Å². The van der Waals surface area contributed by atoms with E-state index in [1.807, 2.05) is 62.4 Å². The van der Waals surface area contributed by atoms with Crippen molar-refractivity contribution in [3.05, 3.63) is 94.5 Å². The number of nitrogens with zero attached hydrogens (tertiary/aromatic N) is 2. The van der Waals surface area contributed by atoms with E-state index in [1.54, 1.807) is 18.2 Å². The van der Waals surface area contributed by atoms with Crippen LogP contribution in [0.3, 0.4) is 0 Å². The zero-order valence-electron chi connectivity index (χ0n) is 24.7. The highest BCUT2D eigenvalue weighted by Gasteiger charge is 2.30. The maximum atomic E-state index is 13.3. The Hall–Kier alpha value is -4.51. The minimum atomic E-state index is -0.463. The first-order chi connectivity index (χ1) is 20.9. The van der Waals surface area contributed by atoms with Gasteiger partial charge in [0.25, 0.3) is 11.8 Å². The van der Waals surface area contributed by atoms with Gasteiger partial charge in [-0.2, -0.15) is 0 Å². The Labute approximate surface area is 251 Å². The summed E-state index contributed by atoms with van der Waals surface area (Å²) in [6.45, 7) is 9.21. The number of hydrogen-bond acceptors (Lipinski definition) is 8. The Morgan fingerprint density at radius 1 is 1.00 bits per heavy atom. The van der Waals surface area contributed by atoms with Gasteiger partial charge in [-0.15, -0.1) is 0 Å². The average Bonchev–Trinajstić information content (AvgIpc) is 3.36. The molecule has 3 N–H and O–H groups in total. The fourth-order valence-corrected chi connectivity index (χ4v) is 5.28. The van der Waals surface area contributed by atoms with E-state index in [1.165, 1.54) is 12.2 Å². The summed E-state index contributed by atoms with van der Waals surface area (Å²) in [6, 6.07) is 20.1. The molecule has 10 heteroatoms. The number of benzene rings is 3. The van der Waals surface area contributed by atoms with Gasteiger partial charge < -0.3 is 20.7 Å². The zero-order valence-corrected chi connectivity index (χ0v) is 24.7. The van der Waals surface area contributed by atoms with Gasteiger partial charge in [0.05, 0.1) is 36.2 Å². The van der Waals surface area contributed by atoms with Gasteiger partial charge in [-0.3, -0.25) is 19.3 Å². The van der Waals surface area contributed by atoms with Crippen molar-refractivity contribution < 1.29 is 24.0 Å². The topological polar surface area (TPSA) is 112 Å². The lowest BCUT2D eigenvalue weighted by atomic mass is 9.96. The third kappa shape index (κ3) is 6.77. The molecule has 1 saturated heterocycles. The number of nitrogens with one attached hydrogen (secondary N) is 3. The van der Waals surface area contributed by atoms with Crippen LogP contribution in [0.15, 0.2) is 66.7 Å². The maximum Gasteiger partial charge on any atom is 0.338 e. The summed E-state index contributed by atoms with van der Waals surface area (Å²) in [7, 11) is 1.33. The summed E-state index contributed by atoms with van der Waals surface area (Å²) >= 11 is 0. The predicted molar refractivity (Wildman–Crippen MR) is 166 cm³/mol. The number of aryl methyl sites for hydroxylation is 1. The Morgan fingerprint density at radius 3 is 2.40 bits per heavy atom. The van der Waals surface area contributed by atoms with Gasteiger partial charge in [0.1, 0.15) is 0 Å². The Bertz CT molecular complexity index is 1510. The summed E-state index contributed by atoms with van der Waals surface area (Å²) in [5.74, 6) is -0.960. The van der Waals surface area contributed by atoms with Crippen LogP contribution in [0.2, 0.25) is 0 Å². The number of ether oxygens (including phenoxy) is 1. The number of rotatable bonds is 10. The van der Waals surface area contributed by atoms with E-state index < -0.39 is 5.97 Å². The summed E-state index contributed by atoms with van der Waals surface area (Å²) in [5, 5.41) is 11.0. The molecule has 2 aliphatic heterocycles. The van der Waals surface area contributed by atoms with E-state index in [-0.39, 0.29) is 11.8 Å². The molecule has 10 nitrogen and oxygen atoms in total. The molecule has 0 atom stereocenters. The first-order valence-corrected chi connectivity index (χ1v) is 14.5. The fourth-order valence-electron chi connectivity index (χ4n) is 5.28. The quantitative estimate of drug-likeness (QED) is 0.187. The molecule has 3 aromatic rings. The monoisotopic (exact) mass is 583 g/mol. The molecule has 0 saturated carbocycles. The molecule has 0 aliphatic carbocycles. The molecular formula is C33H37N5O5. The molecule has 0 radical (unpaired) electrons. The molecule has 2 heterocycles. The number of hydroxylamine groups is 2. The summed E-state index contributed by atoms with van der Waals surface area (Å²) < 4.78 is 4.90. The minimum absolute atomic E-state index is 0.211. The van der Waals surface area contributed by atoms with E-state index in [4.69, 9.17) is 9.57 Å². The molecule has 1 fully saturated rings. The standard InChI is InChI=1S/C33H37N5O5/c1-4-38(43-19-18-37-16-14-34-15-17-37)32(40)24-10-12-25(13-11-24)35-30(23-8-6-5-7-9-23)29-27-20-22(2)26(33(41)42-3)21-28(27)36-31(29)39/h5-13,20-21,34-35H,4,14-19H2,1-3H3,(H,36,39)/b30-29-. The lowest BCUT2D eigenvalue weighted by Gasteiger charge is -2.28. The molecular weight excluding hydrogens is 546 g/mol. The van der Waals surface area contributed by atoms with Crippen LogP contribution in [0.4, 0.5) is 11.4 Å². The second-order valence-corrected chi connectivity index (χ2v) is 10.4. The third-order valence-electron chi connectivity index (χ3n) is 7.61. The second kappa shape index (κ2) is 13.6. The van der Waals surface area contributed by atoms with Crippen LogP contribution < -0.4 is 16.0 Å². The SMILES string of the molecule is CCN(OCCN1CCNCC1)C(=O)c1ccc(N/C(=C2\C(=O)Nc3cc(C(=O)OC)c(C)cc32)c2ccccc2)cc1. The van der Waals surface area contributed by atoms with Gasteiger partial charge in [0.2, 0.25) is 0 Å². The van der Waals surface area contributed by atoms with Crippen LogP contribution in [-0.4, -0.2) is 80.7 Å². The number of carbonyl (C=O) groups is 3. The third-order valence-corrected chi connectivity index (χ3v) is 7.61. The Kier molecular flexibility index (Phi) is 9.51. The molecule has 0 unspecified atom stereocenters. The molecule has 0 spiro atoms. The van der Waals surface area contributed by atoms with Gasteiger partial charge in [-0.1, -0.05) is 30.3 Å². The van der Waals surface area contributed by atoms with Gasteiger partial charge in [-0.05, 0) is 61.4 Å². The molecule has 2 amide bonds. The summed E-state index contributed by atoms with van der Waals surface area (Å²) in [5.41, 5.74) is 5.39. The van der Waals surface area contributed by atoms with E-state index in [2.05, 4.69) is 20.9 Å². The highest BCUT2D eigenvalue weighted by molar-refractivity contribution is 6.37. The highest BCUT2D eigenvalue weighted by Crippen LogP contribution is 2.39. The number of fused-ring (bicyclic) bond motifs is 1. The lowest BCUT2D eigenvalue weighted by Crippen LogP contribution is -2.45. The van der Waals surface area contributed by atoms with Crippen molar-refractivity contribution in [3.8, 4) is 0 Å². The van der Waals surface area contributed by atoms with Crippen LogP contribution in [0.1, 0.15) is 44.3 Å². The number of anilines is 2. The van der Waals surface area contributed by atoms with E-state index in [9.17, 15) is 14.4 Å². The highest BCUT2D eigenvalue weighted by atomic mass is 16.7. The number of piperazine rings is 1. The van der Waals surface area contributed by atoms with Crippen molar-refractivity contribution in [3.63, 3.8) is 0 Å². The van der Waals surface area contributed by atoms with Crippen LogP contribution in [0.25, 0.3) is 11.3 Å². The van der Waals surface area contributed by atoms with Crippen molar-refractivity contribution in [2.75, 3.05) is 63.6 Å². The summed E-state index contributed by atoms with van der Waals surface area (Å²) in [6.07, 6.45) is 0. The first kappa shape index (κ1) is 30.0. The van der Waals surface area contributed by atoms with Gasteiger partial charge >= 0.3 is 5.97 Å². The van der Waals surface area contributed by atoms with Crippen molar-refractivity contribution >= 4 is 40.4 Å². The number of hydrogen-bond donors (Lipinski definition) is 3. The molecule has 2 aliphatic rings. The Balaban J connectivity index is 1.38. The molecule has 43 heavy (non-hydrogen) atoms. The normalized spacial score (nSPS) is 15.8. The average molecular weight is 584 g/mol. The smallest absolute Gasteiger partial charge is 0.338 e. The second-order valence-electron chi connectivity index (χ2n) is 10.4. The van der Waals surface area contributed by atoms with Gasteiger partial charge in [-0.25, -0.2) is 9.86 Å². The molecule has 5 rings (SSSR count). The number of carbonyl (C=O) groups excluding carboxylic acids is 3. The van der Waals surface area contributed by atoms with Crippen LogP contribution in [0, 0.1) is 6.92 Å². The van der Waals surface area contributed by atoms with Crippen LogP contribution in [0.5, 0.6) is 0 Å². The maximum absolute atomic E-state index is 13.3. The van der Waals surface area contributed by atoms with Crippen LogP contribution in [-0.2, 0) is 14.4 Å². The molecule has 0 bridgehead atoms. The molecule has 3 aromatic carbocycles. The van der Waals surface area contributed by atoms with Crippen molar-refractivity contribution in [1.82, 2.24) is 15.3 Å². The van der Waals surface area contributed by atoms with Crippen molar-refractivity contribution in [2.45, 2.75) is 13.8 Å². The van der Waals surface area contributed by atoms with Gasteiger partial charge in [0.15, 0.2) is 0 Å².